The zero-order valence-electron chi connectivity index (χ0n) is 15.8. The molecule has 1 aromatic carbocycles. The average molecular weight is 357 g/mol. The van der Waals surface area contributed by atoms with Crippen molar-refractivity contribution in [3.05, 3.63) is 35.4 Å². The topological polar surface area (TPSA) is 55.4 Å². The molecule has 0 bridgehead atoms. The standard InChI is InChI=1S/C22H31NO3/c1-2-26-22(25)17-13-11-16(12-14-17)18-7-6-8-19(15-18)21(24)23-20-9-4-3-5-10-20/h6-8,15-17,20H,2-5,9-14H2,1H3,(H,23,24). The summed E-state index contributed by atoms with van der Waals surface area (Å²) in [6.45, 7) is 2.31. The number of carbonyl (C=O) groups excluding carboxylic acids is 2. The Balaban J connectivity index is 1.57. The lowest BCUT2D eigenvalue weighted by Gasteiger charge is -2.28. The first kappa shape index (κ1) is 18.9. The minimum absolute atomic E-state index is 0.0454. The van der Waals surface area contributed by atoms with E-state index >= 15 is 0 Å². The molecule has 26 heavy (non-hydrogen) atoms. The molecule has 2 aliphatic carbocycles. The number of ether oxygens (including phenoxy) is 1. The van der Waals surface area contributed by atoms with Gasteiger partial charge in [-0.05, 0) is 69.1 Å². The van der Waals surface area contributed by atoms with Crippen molar-refractivity contribution in [2.45, 2.75) is 76.7 Å². The molecule has 0 unspecified atom stereocenters. The monoisotopic (exact) mass is 357 g/mol. The maximum Gasteiger partial charge on any atom is 0.308 e. The van der Waals surface area contributed by atoms with Gasteiger partial charge in [0.1, 0.15) is 0 Å². The molecule has 2 saturated carbocycles. The number of hydrogen-bond donors (Lipinski definition) is 1. The third-order valence-electron chi connectivity index (χ3n) is 5.91. The van der Waals surface area contributed by atoms with Crippen LogP contribution in [0.1, 0.15) is 86.6 Å². The second kappa shape index (κ2) is 9.20. The third-order valence-corrected chi connectivity index (χ3v) is 5.91. The lowest BCUT2D eigenvalue weighted by atomic mass is 9.78. The summed E-state index contributed by atoms with van der Waals surface area (Å²) in [5.41, 5.74) is 1.99. The van der Waals surface area contributed by atoms with E-state index in [0.717, 1.165) is 44.1 Å². The summed E-state index contributed by atoms with van der Waals surface area (Å²) >= 11 is 0. The number of benzene rings is 1. The van der Waals surface area contributed by atoms with Gasteiger partial charge in [-0.2, -0.15) is 0 Å². The van der Waals surface area contributed by atoms with Gasteiger partial charge >= 0.3 is 5.97 Å². The molecule has 2 fully saturated rings. The van der Waals surface area contributed by atoms with Crippen LogP contribution in [0.2, 0.25) is 0 Å². The average Bonchev–Trinajstić information content (AvgIpc) is 2.69. The van der Waals surface area contributed by atoms with E-state index < -0.39 is 0 Å². The third kappa shape index (κ3) is 4.87. The number of carbonyl (C=O) groups is 2. The second-order valence-corrected chi connectivity index (χ2v) is 7.73. The molecule has 0 aromatic heterocycles. The summed E-state index contributed by atoms with van der Waals surface area (Å²) in [6, 6.07) is 8.40. The number of hydrogen-bond acceptors (Lipinski definition) is 3. The molecule has 3 rings (SSSR count). The van der Waals surface area contributed by atoms with Gasteiger partial charge in [-0.25, -0.2) is 0 Å². The highest BCUT2D eigenvalue weighted by Crippen LogP contribution is 2.36. The minimum atomic E-state index is -0.0495. The van der Waals surface area contributed by atoms with E-state index in [0.29, 0.717) is 18.6 Å². The predicted molar refractivity (Wildman–Crippen MR) is 102 cm³/mol. The molecule has 0 heterocycles. The van der Waals surface area contributed by atoms with E-state index in [9.17, 15) is 9.59 Å². The van der Waals surface area contributed by atoms with E-state index in [2.05, 4.69) is 11.4 Å². The quantitative estimate of drug-likeness (QED) is 0.785. The van der Waals surface area contributed by atoms with Crippen molar-refractivity contribution in [3.63, 3.8) is 0 Å². The SMILES string of the molecule is CCOC(=O)C1CCC(c2cccc(C(=O)NC3CCCCC3)c2)CC1. The summed E-state index contributed by atoms with van der Waals surface area (Å²) in [7, 11) is 0. The molecule has 0 atom stereocenters. The maximum absolute atomic E-state index is 12.6. The van der Waals surface area contributed by atoms with Crippen LogP contribution in [0.3, 0.4) is 0 Å². The van der Waals surface area contributed by atoms with Crippen molar-refractivity contribution < 1.29 is 14.3 Å². The van der Waals surface area contributed by atoms with Gasteiger partial charge in [0, 0.05) is 11.6 Å². The van der Waals surface area contributed by atoms with E-state index in [4.69, 9.17) is 4.74 Å². The Morgan fingerprint density at radius 3 is 2.46 bits per heavy atom. The van der Waals surface area contributed by atoms with Gasteiger partial charge in [-0.1, -0.05) is 31.4 Å². The molecule has 2 aliphatic rings. The van der Waals surface area contributed by atoms with E-state index in [1.807, 2.05) is 25.1 Å². The summed E-state index contributed by atoms with van der Waals surface area (Å²) in [6.07, 6.45) is 9.64. The second-order valence-electron chi connectivity index (χ2n) is 7.73. The van der Waals surface area contributed by atoms with E-state index in [1.54, 1.807) is 0 Å². The molecule has 0 radical (unpaired) electrons. The van der Waals surface area contributed by atoms with Gasteiger partial charge in [0.15, 0.2) is 0 Å². The van der Waals surface area contributed by atoms with Crippen LogP contribution in [-0.4, -0.2) is 24.5 Å². The molecule has 1 amide bonds. The normalized spacial score (nSPS) is 24.0. The number of amides is 1. The number of nitrogens with one attached hydrogen (secondary N) is 1. The summed E-state index contributed by atoms with van der Waals surface area (Å²) < 4.78 is 5.15. The maximum atomic E-state index is 12.6. The van der Waals surface area contributed by atoms with Crippen molar-refractivity contribution in [2.24, 2.45) is 5.92 Å². The van der Waals surface area contributed by atoms with Crippen molar-refractivity contribution in [1.29, 1.82) is 0 Å². The highest BCUT2D eigenvalue weighted by Gasteiger charge is 2.28. The minimum Gasteiger partial charge on any atom is -0.466 e. The van der Waals surface area contributed by atoms with Gasteiger partial charge in [-0.15, -0.1) is 0 Å². The Labute approximate surface area is 156 Å². The molecule has 4 nitrogen and oxygen atoms in total. The van der Waals surface area contributed by atoms with Crippen molar-refractivity contribution in [1.82, 2.24) is 5.32 Å². The number of rotatable bonds is 5. The lowest BCUT2D eigenvalue weighted by molar-refractivity contribution is -0.149. The fourth-order valence-electron chi connectivity index (χ4n) is 4.37. The molecule has 1 N–H and O–H groups in total. The van der Waals surface area contributed by atoms with Crippen LogP contribution in [0.15, 0.2) is 24.3 Å². The smallest absolute Gasteiger partial charge is 0.308 e. The van der Waals surface area contributed by atoms with Crippen LogP contribution < -0.4 is 5.32 Å². The largest absolute Gasteiger partial charge is 0.466 e. The zero-order chi connectivity index (χ0) is 18.4. The fraction of sp³-hybridized carbons (Fsp3) is 0.636. The van der Waals surface area contributed by atoms with Crippen molar-refractivity contribution >= 4 is 11.9 Å². The molecule has 1 aromatic rings. The zero-order valence-corrected chi connectivity index (χ0v) is 15.8. The molecule has 0 saturated heterocycles. The molecule has 0 aliphatic heterocycles. The first-order valence-electron chi connectivity index (χ1n) is 10.2. The molecular formula is C22H31NO3. The Bertz CT molecular complexity index is 614. The van der Waals surface area contributed by atoms with Gasteiger partial charge in [0.25, 0.3) is 5.91 Å². The van der Waals surface area contributed by atoms with Crippen LogP contribution in [-0.2, 0) is 9.53 Å². The highest BCUT2D eigenvalue weighted by atomic mass is 16.5. The molecule has 0 spiro atoms. The molecular weight excluding hydrogens is 326 g/mol. The van der Waals surface area contributed by atoms with Crippen LogP contribution in [0.4, 0.5) is 0 Å². The van der Waals surface area contributed by atoms with Crippen LogP contribution in [0.5, 0.6) is 0 Å². The summed E-state index contributed by atoms with van der Waals surface area (Å²) in [5, 5.41) is 3.20. The van der Waals surface area contributed by atoms with Crippen molar-refractivity contribution in [3.8, 4) is 0 Å². The summed E-state index contributed by atoms with van der Waals surface area (Å²) in [5.74, 6) is 0.484. The van der Waals surface area contributed by atoms with Gasteiger partial charge in [0.2, 0.25) is 0 Å². The van der Waals surface area contributed by atoms with Crippen molar-refractivity contribution in [2.75, 3.05) is 6.61 Å². The first-order chi connectivity index (χ1) is 12.7. The lowest BCUT2D eigenvalue weighted by Crippen LogP contribution is -2.36. The van der Waals surface area contributed by atoms with Crippen LogP contribution >= 0.6 is 0 Å². The number of esters is 1. The fourth-order valence-corrected chi connectivity index (χ4v) is 4.37. The Morgan fingerprint density at radius 2 is 1.77 bits per heavy atom. The van der Waals surface area contributed by atoms with Crippen LogP contribution in [0, 0.1) is 5.92 Å². The highest BCUT2D eigenvalue weighted by molar-refractivity contribution is 5.94. The van der Waals surface area contributed by atoms with E-state index in [1.165, 1.54) is 24.8 Å². The van der Waals surface area contributed by atoms with Crippen LogP contribution in [0.25, 0.3) is 0 Å². The van der Waals surface area contributed by atoms with E-state index in [-0.39, 0.29) is 17.8 Å². The molecule has 142 valence electrons. The summed E-state index contributed by atoms with van der Waals surface area (Å²) in [4.78, 5) is 24.5. The Kier molecular flexibility index (Phi) is 6.70. The first-order valence-corrected chi connectivity index (χ1v) is 10.2. The molecule has 4 heteroatoms. The Hall–Kier alpha value is -1.84. The van der Waals surface area contributed by atoms with Gasteiger partial charge < -0.3 is 10.1 Å². The predicted octanol–water partition coefficient (Wildman–Crippen LogP) is 4.59. The van der Waals surface area contributed by atoms with Gasteiger partial charge in [0.05, 0.1) is 12.5 Å². The Morgan fingerprint density at radius 1 is 1.04 bits per heavy atom. The van der Waals surface area contributed by atoms with Gasteiger partial charge in [-0.3, -0.25) is 9.59 Å².